The first kappa shape index (κ1) is 28.3. The van der Waals surface area contributed by atoms with Gasteiger partial charge < -0.3 is 8.98 Å². The van der Waals surface area contributed by atoms with Crippen LogP contribution in [0.5, 0.6) is 0 Å². The van der Waals surface area contributed by atoms with Crippen molar-refractivity contribution in [1.82, 2.24) is 9.55 Å². The Balaban J connectivity index is 1.07. The van der Waals surface area contributed by atoms with E-state index in [1.165, 1.54) is 21.8 Å². The fraction of sp³-hybridized carbons (Fsp3) is 0. The first-order valence-electron chi connectivity index (χ1n) is 17.0. The summed E-state index contributed by atoms with van der Waals surface area (Å²) in [5.41, 5.74) is 13.8. The predicted molar refractivity (Wildman–Crippen MR) is 208 cm³/mol. The Morgan fingerprint density at radius 1 is 0.340 bits per heavy atom. The summed E-state index contributed by atoms with van der Waals surface area (Å²) in [6.07, 6.45) is 0. The molecule has 234 valence electrons. The van der Waals surface area contributed by atoms with Gasteiger partial charge in [0.15, 0.2) is 0 Å². The maximum absolute atomic E-state index is 6.59. The molecule has 0 aliphatic rings. The van der Waals surface area contributed by atoms with Crippen molar-refractivity contribution in [1.29, 1.82) is 0 Å². The number of hydrogen-bond acceptors (Lipinski definition) is 2. The molecule has 7 aromatic carbocycles. The van der Waals surface area contributed by atoms with Gasteiger partial charge in [0.2, 0.25) is 0 Å². The zero-order valence-electron chi connectivity index (χ0n) is 27.1. The first-order chi connectivity index (χ1) is 24.8. The van der Waals surface area contributed by atoms with Gasteiger partial charge in [0, 0.05) is 38.4 Å². The van der Waals surface area contributed by atoms with Crippen LogP contribution >= 0.6 is 0 Å². The van der Waals surface area contributed by atoms with Crippen LogP contribution in [0.1, 0.15) is 0 Å². The van der Waals surface area contributed by atoms with Crippen LogP contribution in [0.25, 0.3) is 94.2 Å². The van der Waals surface area contributed by atoms with Crippen molar-refractivity contribution >= 4 is 43.7 Å². The highest BCUT2D eigenvalue weighted by Crippen LogP contribution is 2.38. The standard InChI is InChI=1S/C47H30N2O/c1-4-12-31(13-5-1)36-27-42(32-14-6-2-7-15-32)48-43(28-36)35-21-24-40-39-23-20-34(29-46(39)50-47(40)30-35)33-22-25-45-41(26-33)38-18-10-11-19-44(38)49(45)37-16-8-3-9-17-37/h1-30H. The van der Waals surface area contributed by atoms with Crippen LogP contribution in [0.4, 0.5) is 0 Å². The SMILES string of the molecule is c1ccc(-c2cc(-c3ccccc3)nc(-c3ccc4c(c3)oc3cc(-c5ccc6c(c5)c5ccccc5n6-c5ccccc5)ccc34)c2)cc1. The van der Waals surface area contributed by atoms with E-state index >= 15 is 0 Å². The quantitative estimate of drug-likeness (QED) is 0.188. The molecule has 10 rings (SSSR count). The molecule has 0 aliphatic carbocycles. The number of furan rings is 1. The molecule has 0 radical (unpaired) electrons. The van der Waals surface area contributed by atoms with Crippen LogP contribution in [-0.2, 0) is 0 Å². The lowest BCUT2D eigenvalue weighted by Crippen LogP contribution is -1.92. The summed E-state index contributed by atoms with van der Waals surface area (Å²) in [6, 6.07) is 64.3. The molecule has 3 heterocycles. The molecule has 0 unspecified atom stereocenters. The van der Waals surface area contributed by atoms with Crippen molar-refractivity contribution in [2.75, 3.05) is 0 Å². The normalized spacial score (nSPS) is 11.6. The Hall–Kier alpha value is -6.71. The first-order valence-corrected chi connectivity index (χ1v) is 17.0. The number of para-hydroxylation sites is 2. The topological polar surface area (TPSA) is 31.0 Å². The molecule has 10 aromatic rings. The molecule has 50 heavy (non-hydrogen) atoms. The molecule has 3 aromatic heterocycles. The number of pyridine rings is 1. The zero-order valence-corrected chi connectivity index (χ0v) is 27.1. The molecule has 0 aliphatic heterocycles. The molecule has 0 amide bonds. The Bertz CT molecular complexity index is 2790. The smallest absolute Gasteiger partial charge is 0.136 e. The molecule has 0 saturated carbocycles. The van der Waals surface area contributed by atoms with Crippen molar-refractivity contribution in [2.45, 2.75) is 0 Å². The van der Waals surface area contributed by atoms with Crippen LogP contribution in [0.2, 0.25) is 0 Å². The summed E-state index contributed by atoms with van der Waals surface area (Å²) in [4.78, 5) is 5.14. The van der Waals surface area contributed by atoms with Crippen LogP contribution in [0.3, 0.4) is 0 Å². The zero-order chi connectivity index (χ0) is 33.0. The van der Waals surface area contributed by atoms with Crippen LogP contribution < -0.4 is 0 Å². The van der Waals surface area contributed by atoms with Crippen molar-refractivity contribution in [3.63, 3.8) is 0 Å². The van der Waals surface area contributed by atoms with Crippen molar-refractivity contribution in [3.8, 4) is 50.5 Å². The van der Waals surface area contributed by atoms with E-state index in [9.17, 15) is 0 Å². The Labute approximate surface area is 289 Å². The van der Waals surface area contributed by atoms with E-state index in [2.05, 4.69) is 174 Å². The second kappa shape index (κ2) is 11.5. The molecule has 0 spiro atoms. The number of hydrogen-bond donors (Lipinski definition) is 0. The van der Waals surface area contributed by atoms with E-state index < -0.39 is 0 Å². The summed E-state index contributed by atoms with van der Waals surface area (Å²) in [5.74, 6) is 0. The number of benzene rings is 7. The molecule has 0 N–H and O–H groups in total. The molecule has 3 nitrogen and oxygen atoms in total. The van der Waals surface area contributed by atoms with Crippen molar-refractivity contribution in [2.24, 2.45) is 0 Å². The van der Waals surface area contributed by atoms with Gasteiger partial charge in [-0.1, -0.05) is 115 Å². The minimum Gasteiger partial charge on any atom is -0.456 e. The van der Waals surface area contributed by atoms with Crippen molar-refractivity contribution in [3.05, 3.63) is 182 Å². The molecule has 0 fully saturated rings. The van der Waals surface area contributed by atoms with Crippen LogP contribution in [-0.4, -0.2) is 9.55 Å². The Morgan fingerprint density at radius 2 is 0.880 bits per heavy atom. The van der Waals surface area contributed by atoms with E-state index in [0.29, 0.717) is 0 Å². The van der Waals surface area contributed by atoms with Gasteiger partial charge >= 0.3 is 0 Å². The van der Waals surface area contributed by atoms with E-state index in [0.717, 1.165) is 72.4 Å². The average Bonchev–Trinajstić information content (AvgIpc) is 3.73. The molecule has 0 bridgehead atoms. The van der Waals surface area contributed by atoms with E-state index in [1.807, 2.05) is 12.1 Å². The lowest BCUT2D eigenvalue weighted by atomic mass is 9.99. The maximum Gasteiger partial charge on any atom is 0.136 e. The summed E-state index contributed by atoms with van der Waals surface area (Å²) < 4.78 is 8.94. The fourth-order valence-electron chi connectivity index (χ4n) is 7.36. The second-order valence-corrected chi connectivity index (χ2v) is 12.8. The number of rotatable bonds is 5. The van der Waals surface area contributed by atoms with Crippen LogP contribution in [0, 0.1) is 0 Å². The number of nitrogens with zero attached hydrogens (tertiary/aromatic N) is 2. The fourth-order valence-corrected chi connectivity index (χ4v) is 7.36. The molecular weight excluding hydrogens is 609 g/mol. The lowest BCUT2D eigenvalue weighted by Gasteiger charge is -2.10. The van der Waals surface area contributed by atoms with Crippen LogP contribution in [0.15, 0.2) is 186 Å². The van der Waals surface area contributed by atoms with Gasteiger partial charge in [0.05, 0.1) is 22.4 Å². The van der Waals surface area contributed by atoms with E-state index in [4.69, 9.17) is 9.40 Å². The van der Waals surface area contributed by atoms with Gasteiger partial charge in [-0.25, -0.2) is 4.98 Å². The van der Waals surface area contributed by atoms with Gasteiger partial charge in [0.1, 0.15) is 11.2 Å². The average molecular weight is 639 g/mol. The number of fused-ring (bicyclic) bond motifs is 6. The van der Waals surface area contributed by atoms with Gasteiger partial charge in [0.25, 0.3) is 0 Å². The highest BCUT2D eigenvalue weighted by molar-refractivity contribution is 6.11. The third-order valence-electron chi connectivity index (χ3n) is 9.79. The minimum atomic E-state index is 0.851. The van der Waals surface area contributed by atoms with Crippen molar-refractivity contribution < 1.29 is 4.42 Å². The summed E-state index contributed by atoms with van der Waals surface area (Å²) in [6.45, 7) is 0. The predicted octanol–water partition coefficient (Wildman–Crippen LogP) is 12.7. The third-order valence-corrected chi connectivity index (χ3v) is 9.79. The monoisotopic (exact) mass is 638 g/mol. The molecule has 0 atom stereocenters. The Kier molecular flexibility index (Phi) is 6.49. The van der Waals surface area contributed by atoms with E-state index in [-0.39, 0.29) is 0 Å². The maximum atomic E-state index is 6.59. The highest BCUT2D eigenvalue weighted by atomic mass is 16.3. The molecule has 3 heteroatoms. The number of aromatic nitrogens is 2. The third kappa shape index (κ3) is 4.71. The minimum absolute atomic E-state index is 0.851. The second-order valence-electron chi connectivity index (χ2n) is 12.8. The molecular formula is C47H30N2O. The summed E-state index contributed by atoms with van der Waals surface area (Å²) in [5, 5.41) is 4.68. The highest BCUT2D eigenvalue weighted by Gasteiger charge is 2.16. The lowest BCUT2D eigenvalue weighted by molar-refractivity contribution is 0.669. The summed E-state index contributed by atoms with van der Waals surface area (Å²) >= 11 is 0. The van der Waals surface area contributed by atoms with E-state index in [1.54, 1.807) is 0 Å². The largest absolute Gasteiger partial charge is 0.456 e. The van der Waals surface area contributed by atoms with Gasteiger partial charge in [-0.3, -0.25) is 0 Å². The van der Waals surface area contributed by atoms with Gasteiger partial charge in [-0.15, -0.1) is 0 Å². The molecule has 0 saturated heterocycles. The Morgan fingerprint density at radius 3 is 1.62 bits per heavy atom. The van der Waals surface area contributed by atoms with Gasteiger partial charge in [-0.05, 0) is 89.0 Å². The summed E-state index contributed by atoms with van der Waals surface area (Å²) in [7, 11) is 0. The van der Waals surface area contributed by atoms with Gasteiger partial charge in [-0.2, -0.15) is 0 Å².